The first-order chi connectivity index (χ1) is 14.0. The summed E-state index contributed by atoms with van der Waals surface area (Å²) in [7, 11) is 0. The fourth-order valence-electron chi connectivity index (χ4n) is 2.43. The number of aliphatic hydroxyl groups is 2. The summed E-state index contributed by atoms with van der Waals surface area (Å²) in [4.78, 5) is 22.2. The van der Waals surface area contributed by atoms with Gasteiger partial charge in [0.25, 0.3) is 0 Å². The lowest BCUT2D eigenvalue weighted by Gasteiger charge is -2.11. The summed E-state index contributed by atoms with van der Waals surface area (Å²) >= 11 is 0. The summed E-state index contributed by atoms with van der Waals surface area (Å²) in [5.41, 5.74) is 0. The quantitative estimate of drug-likeness (QED) is 0.163. The Hall–Kier alpha value is -1.92. The predicted octanol–water partition coefficient (Wildman–Crippen LogP) is 4.01. The Morgan fingerprint density at radius 1 is 0.897 bits per heavy atom. The number of unbranched alkanes of at least 4 members (excludes halogenated alkanes) is 5. The first kappa shape index (κ1) is 27.1. The zero-order valence-electron chi connectivity index (χ0n) is 17.9. The molecule has 2 atom stereocenters. The molecule has 6 heteroatoms. The average Bonchev–Trinajstić information content (AvgIpc) is 2.69. The van der Waals surface area contributed by atoms with Crippen molar-refractivity contribution in [1.82, 2.24) is 0 Å². The molecule has 6 nitrogen and oxygen atoms in total. The lowest BCUT2D eigenvalue weighted by Crippen LogP contribution is -2.24. The van der Waals surface area contributed by atoms with Gasteiger partial charge in [-0.05, 0) is 32.1 Å². The standard InChI is InChI=1S/C23H38O6/c1-3-4-12-15-21(25)16-13-10-8-6-5-7-9-11-14-17-23(27)29-19-22(26)18-28-20(2)24/h4,8,10,12-13,16,21-22,25-26H,3,5-7,9,11,14-15,17-19H2,1-2H3/b10-8+,12-4+,16-13+/t21?,22-/m1/s1. The molecule has 0 aliphatic carbocycles. The first-order valence-corrected chi connectivity index (χ1v) is 10.6. The summed E-state index contributed by atoms with van der Waals surface area (Å²) in [5.74, 6) is -0.814. The van der Waals surface area contributed by atoms with Crippen molar-refractivity contribution in [3.8, 4) is 0 Å². The normalized spacial score (nSPS) is 13.9. The molecule has 0 aliphatic heterocycles. The van der Waals surface area contributed by atoms with Crippen LogP contribution in [-0.2, 0) is 19.1 Å². The van der Waals surface area contributed by atoms with E-state index in [-0.39, 0.29) is 19.2 Å². The molecule has 0 heterocycles. The number of carbonyl (C=O) groups excluding carboxylic acids is 2. The molecule has 0 bridgehead atoms. The molecule has 0 saturated carbocycles. The second kappa shape index (κ2) is 19.4. The summed E-state index contributed by atoms with van der Waals surface area (Å²) in [6, 6.07) is 0. The van der Waals surface area contributed by atoms with E-state index < -0.39 is 18.2 Å². The third-order valence-corrected chi connectivity index (χ3v) is 4.03. The maximum absolute atomic E-state index is 11.6. The minimum absolute atomic E-state index is 0.153. The number of aliphatic hydroxyl groups excluding tert-OH is 2. The van der Waals surface area contributed by atoms with Gasteiger partial charge in [0.2, 0.25) is 0 Å². The van der Waals surface area contributed by atoms with Crippen LogP contribution in [0.25, 0.3) is 0 Å². The van der Waals surface area contributed by atoms with E-state index >= 15 is 0 Å². The molecule has 2 N–H and O–H groups in total. The monoisotopic (exact) mass is 410 g/mol. The number of ether oxygens (including phenoxy) is 2. The predicted molar refractivity (Wildman–Crippen MR) is 114 cm³/mol. The van der Waals surface area contributed by atoms with Crippen molar-refractivity contribution in [3.05, 3.63) is 36.5 Å². The summed E-state index contributed by atoms with van der Waals surface area (Å²) in [5, 5.41) is 19.2. The second-order valence-corrected chi connectivity index (χ2v) is 6.94. The number of carbonyl (C=O) groups is 2. The molecule has 0 rings (SSSR count). The fourth-order valence-corrected chi connectivity index (χ4v) is 2.43. The molecular formula is C23H38O6. The van der Waals surface area contributed by atoms with Crippen LogP contribution >= 0.6 is 0 Å². The molecule has 0 saturated heterocycles. The average molecular weight is 411 g/mol. The van der Waals surface area contributed by atoms with Gasteiger partial charge in [0.15, 0.2) is 0 Å². The molecule has 1 unspecified atom stereocenters. The molecular weight excluding hydrogens is 372 g/mol. The van der Waals surface area contributed by atoms with Gasteiger partial charge in [0, 0.05) is 13.3 Å². The maximum atomic E-state index is 11.6. The van der Waals surface area contributed by atoms with Crippen LogP contribution in [0.3, 0.4) is 0 Å². The Morgan fingerprint density at radius 3 is 2.31 bits per heavy atom. The van der Waals surface area contributed by atoms with E-state index in [1.165, 1.54) is 6.92 Å². The molecule has 0 amide bonds. The molecule has 166 valence electrons. The van der Waals surface area contributed by atoms with Crippen molar-refractivity contribution in [2.75, 3.05) is 13.2 Å². The fraction of sp³-hybridized carbons (Fsp3) is 0.652. The SMILES string of the molecule is CC/C=C/CC(O)/C=C/C=C/CCCCCCCC(=O)OC[C@H](O)COC(C)=O. The Balaban J connectivity index is 3.53. The maximum Gasteiger partial charge on any atom is 0.305 e. The van der Waals surface area contributed by atoms with E-state index in [1.54, 1.807) is 6.08 Å². The van der Waals surface area contributed by atoms with Crippen molar-refractivity contribution < 1.29 is 29.3 Å². The summed E-state index contributed by atoms with van der Waals surface area (Å²) in [6.07, 6.45) is 18.4. The lowest BCUT2D eigenvalue weighted by atomic mass is 10.1. The number of hydrogen-bond donors (Lipinski definition) is 2. The van der Waals surface area contributed by atoms with Gasteiger partial charge in [0.1, 0.15) is 19.3 Å². The largest absolute Gasteiger partial charge is 0.463 e. The Bertz CT molecular complexity index is 509. The zero-order chi connectivity index (χ0) is 21.7. The van der Waals surface area contributed by atoms with Crippen LogP contribution in [-0.4, -0.2) is 47.6 Å². The van der Waals surface area contributed by atoms with Gasteiger partial charge in [-0.3, -0.25) is 9.59 Å². The van der Waals surface area contributed by atoms with Crippen LogP contribution in [0.4, 0.5) is 0 Å². The molecule has 0 aliphatic rings. The zero-order valence-corrected chi connectivity index (χ0v) is 17.9. The third kappa shape index (κ3) is 20.6. The van der Waals surface area contributed by atoms with Crippen molar-refractivity contribution in [2.45, 2.75) is 83.8 Å². The summed E-state index contributed by atoms with van der Waals surface area (Å²) < 4.78 is 9.57. The van der Waals surface area contributed by atoms with Crippen LogP contribution in [0.15, 0.2) is 36.5 Å². The highest BCUT2D eigenvalue weighted by Crippen LogP contribution is 2.08. The third-order valence-electron chi connectivity index (χ3n) is 4.03. The molecule has 0 spiro atoms. The van der Waals surface area contributed by atoms with Crippen LogP contribution in [0.5, 0.6) is 0 Å². The topological polar surface area (TPSA) is 93.1 Å². The van der Waals surface area contributed by atoms with E-state index in [1.807, 2.05) is 18.2 Å². The van der Waals surface area contributed by atoms with Crippen LogP contribution < -0.4 is 0 Å². The second-order valence-electron chi connectivity index (χ2n) is 6.94. The van der Waals surface area contributed by atoms with E-state index in [0.29, 0.717) is 12.8 Å². The van der Waals surface area contributed by atoms with Gasteiger partial charge in [0.05, 0.1) is 6.10 Å². The first-order valence-electron chi connectivity index (χ1n) is 10.6. The number of allylic oxidation sites excluding steroid dienone is 4. The number of hydrogen-bond acceptors (Lipinski definition) is 6. The Morgan fingerprint density at radius 2 is 1.59 bits per heavy atom. The Kier molecular flexibility index (Phi) is 18.1. The van der Waals surface area contributed by atoms with Crippen LogP contribution in [0.1, 0.15) is 71.6 Å². The number of esters is 2. The summed E-state index contributed by atoms with van der Waals surface area (Å²) in [6.45, 7) is 3.01. The molecule has 29 heavy (non-hydrogen) atoms. The Labute approximate surface area is 175 Å². The van der Waals surface area contributed by atoms with Gasteiger partial charge in [-0.1, -0.05) is 62.6 Å². The van der Waals surface area contributed by atoms with Gasteiger partial charge >= 0.3 is 11.9 Å². The molecule has 0 fully saturated rings. The van der Waals surface area contributed by atoms with Crippen LogP contribution in [0, 0.1) is 0 Å². The van der Waals surface area contributed by atoms with Crippen LogP contribution in [0.2, 0.25) is 0 Å². The van der Waals surface area contributed by atoms with Gasteiger partial charge in [-0.15, -0.1) is 0 Å². The van der Waals surface area contributed by atoms with E-state index in [9.17, 15) is 19.8 Å². The number of rotatable bonds is 17. The highest BCUT2D eigenvalue weighted by molar-refractivity contribution is 5.69. The lowest BCUT2D eigenvalue weighted by molar-refractivity contribution is -0.151. The highest BCUT2D eigenvalue weighted by atomic mass is 16.6. The van der Waals surface area contributed by atoms with Gasteiger partial charge in [-0.25, -0.2) is 0 Å². The highest BCUT2D eigenvalue weighted by Gasteiger charge is 2.10. The minimum atomic E-state index is -0.980. The van der Waals surface area contributed by atoms with E-state index in [0.717, 1.165) is 44.9 Å². The van der Waals surface area contributed by atoms with Gasteiger partial charge in [-0.2, -0.15) is 0 Å². The molecule has 0 radical (unpaired) electrons. The van der Waals surface area contributed by atoms with Gasteiger partial charge < -0.3 is 19.7 Å². The molecule has 0 aromatic heterocycles. The van der Waals surface area contributed by atoms with E-state index in [2.05, 4.69) is 23.8 Å². The van der Waals surface area contributed by atoms with Crippen molar-refractivity contribution in [1.29, 1.82) is 0 Å². The molecule has 0 aromatic rings. The van der Waals surface area contributed by atoms with Crippen molar-refractivity contribution >= 4 is 11.9 Å². The van der Waals surface area contributed by atoms with Crippen molar-refractivity contribution in [2.24, 2.45) is 0 Å². The van der Waals surface area contributed by atoms with Crippen molar-refractivity contribution in [3.63, 3.8) is 0 Å². The smallest absolute Gasteiger partial charge is 0.305 e. The van der Waals surface area contributed by atoms with E-state index in [4.69, 9.17) is 4.74 Å². The molecule has 0 aromatic carbocycles. The minimum Gasteiger partial charge on any atom is -0.463 e.